The van der Waals surface area contributed by atoms with Crippen molar-refractivity contribution < 1.29 is 18.8 Å². The maximum atomic E-state index is 10.3. The van der Waals surface area contributed by atoms with Gasteiger partial charge in [0.25, 0.3) is 12.4 Å². The molecule has 1 N–H and O–H groups in total. The van der Waals surface area contributed by atoms with Crippen LogP contribution in [-0.2, 0) is 16.1 Å². The number of hydrogen-bond donors (Lipinski definition) is 1. The molecule has 0 amide bonds. The van der Waals surface area contributed by atoms with Crippen LogP contribution in [0, 0.1) is 6.92 Å². The second-order valence-electron chi connectivity index (χ2n) is 8.17. The zero-order chi connectivity index (χ0) is 21.8. The van der Waals surface area contributed by atoms with Crippen LogP contribution < -0.4 is 10.1 Å². The number of carbonyl (C=O) groups is 1. The molecule has 1 aliphatic carbocycles. The number of hydrogen-bond acceptors (Lipinski definition) is 7. The van der Waals surface area contributed by atoms with Gasteiger partial charge in [-0.3, -0.25) is 4.79 Å². The molecule has 31 heavy (non-hydrogen) atoms. The van der Waals surface area contributed by atoms with E-state index in [4.69, 9.17) is 14.0 Å². The minimum absolute atomic E-state index is 0.0600. The quantitative estimate of drug-likeness (QED) is 0.516. The van der Waals surface area contributed by atoms with Crippen LogP contribution in [0.5, 0.6) is 5.75 Å². The lowest BCUT2D eigenvalue weighted by Crippen LogP contribution is -2.44. The highest BCUT2D eigenvalue weighted by molar-refractivity contribution is 5.63. The molecule has 162 valence electrons. The molecule has 3 aromatic rings. The molecule has 0 radical (unpaired) electrons. The molecule has 0 aliphatic heterocycles. The van der Waals surface area contributed by atoms with Crippen molar-refractivity contribution in [1.82, 2.24) is 15.5 Å². The van der Waals surface area contributed by atoms with Crippen molar-refractivity contribution in [3.8, 4) is 28.6 Å². The molecule has 1 fully saturated rings. The fraction of sp³-hybridized carbons (Fsp3) is 0.375. The van der Waals surface area contributed by atoms with Gasteiger partial charge in [-0.2, -0.15) is 4.98 Å². The van der Waals surface area contributed by atoms with Crippen LogP contribution in [-0.4, -0.2) is 34.9 Å². The van der Waals surface area contributed by atoms with Crippen molar-refractivity contribution in [2.45, 2.75) is 58.4 Å². The summed E-state index contributed by atoms with van der Waals surface area (Å²) in [4.78, 5) is 14.9. The Morgan fingerprint density at radius 1 is 1.19 bits per heavy atom. The number of nitrogens with one attached hydrogen (secondary N) is 1. The van der Waals surface area contributed by atoms with Gasteiger partial charge in [0.15, 0.2) is 0 Å². The van der Waals surface area contributed by atoms with Crippen molar-refractivity contribution in [3.63, 3.8) is 0 Å². The van der Waals surface area contributed by atoms with E-state index in [-0.39, 0.29) is 12.2 Å². The number of benzene rings is 2. The molecular weight excluding hydrogens is 394 g/mol. The Balaban J connectivity index is 1.39. The van der Waals surface area contributed by atoms with Gasteiger partial charge in [0.1, 0.15) is 11.9 Å². The summed E-state index contributed by atoms with van der Waals surface area (Å²) in [6.07, 6.45) is 1.92. The Hall–Kier alpha value is -3.19. The molecule has 7 nitrogen and oxygen atoms in total. The third-order valence-corrected chi connectivity index (χ3v) is 5.37. The second-order valence-corrected chi connectivity index (χ2v) is 8.17. The Morgan fingerprint density at radius 3 is 2.65 bits per heavy atom. The number of aryl methyl sites for hydroxylation is 1. The van der Waals surface area contributed by atoms with Crippen LogP contribution in [0.15, 0.2) is 47.0 Å². The lowest BCUT2D eigenvalue weighted by molar-refractivity contribution is -0.138. The van der Waals surface area contributed by atoms with E-state index < -0.39 is 0 Å². The van der Waals surface area contributed by atoms with Crippen molar-refractivity contribution >= 4 is 6.47 Å². The zero-order valence-electron chi connectivity index (χ0n) is 18.0. The molecule has 1 aliphatic rings. The van der Waals surface area contributed by atoms with Gasteiger partial charge in [0.2, 0.25) is 5.82 Å². The first-order chi connectivity index (χ1) is 15.0. The summed E-state index contributed by atoms with van der Waals surface area (Å²) < 4.78 is 16.2. The molecule has 1 aromatic heterocycles. The van der Waals surface area contributed by atoms with Crippen LogP contribution >= 0.6 is 0 Å². The molecule has 2 aromatic carbocycles. The molecule has 1 saturated carbocycles. The van der Waals surface area contributed by atoms with E-state index in [9.17, 15) is 4.79 Å². The van der Waals surface area contributed by atoms with Gasteiger partial charge in [0, 0.05) is 23.7 Å². The first-order valence-electron chi connectivity index (χ1n) is 10.5. The predicted molar refractivity (Wildman–Crippen MR) is 116 cm³/mol. The highest BCUT2D eigenvalue weighted by Crippen LogP contribution is 2.27. The molecule has 0 saturated heterocycles. The molecular formula is C24H27N3O4. The van der Waals surface area contributed by atoms with E-state index in [1.807, 2.05) is 51.1 Å². The van der Waals surface area contributed by atoms with Crippen molar-refractivity contribution in [1.29, 1.82) is 0 Å². The molecule has 0 atom stereocenters. The Morgan fingerprint density at radius 2 is 1.97 bits per heavy atom. The zero-order valence-corrected chi connectivity index (χ0v) is 18.0. The normalized spacial score (nSPS) is 17.9. The topological polar surface area (TPSA) is 86.5 Å². The number of rotatable bonds is 9. The third-order valence-electron chi connectivity index (χ3n) is 5.37. The van der Waals surface area contributed by atoms with Crippen LogP contribution in [0.25, 0.3) is 22.8 Å². The van der Waals surface area contributed by atoms with Gasteiger partial charge in [-0.25, -0.2) is 0 Å². The molecule has 0 bridgehead atoms. The summed E-state index contributed by atoms with van der Waals surface area (Å²) in [7, 11) is 0. The summed E-state index contributed by atoms with van der Waals surface area (Å²) in [5, 5.41) is 7.64. The van der Waals surface area contributed by atoms with E-state index in [1.54, 1.807) is 0 Å². The van der Waals surface area contributed by atoms with E-state index >= 15 is 0 Å². The van der Waals surface area contributed by atoms with Crippen molar-refractivity contribution in [2.24, 2.45) is 0 Å². The van der Waals surface area contributed by atoms with Crippen LogP contribution in [0.2, 0.25) is 0 Å². The summed E-state index contributed by atoms with van der Waals surface area (Å²) >= 11 is 0. The highest BCUT2D eigenvalue weighted by Gasteiger charge is 2.29. The molecule has 7 heteroatoms. The van der Waals surface area contributed by atoms with Crippen LogP contribution in [0.4, 0.5) is 0 Å². The van der Waals surface area contributed by atoms with Crippen LogP contribution in [0.1, 0.15) is 37.8 Å². The first-order valence-corrected chi connectivity index (χ1v) is 10.5. The SMILES string of the molecule is Cc1cc(CNC2CC(OC=O)C2)ccc1-c1nc(-c2ccc(OC(C)C)cc2)no1. The lowest BCUT2D eigenvalue weighted by Gasteiger charge is -2.34. The fourth-order valence-electron chi connectivity index (χ4n) is 3.66. The van der Waals surface area contributed by atoms with Gasteiger partial charge in [-0.15, -0.1) is 0 Å². The maximum absolute atomic E-state index is 10.3. The Labute approximate surface area is 181 Å². The molecule has 4 rings (SSSR count). The van der Waals surface area contributed by atoms with Gasteiger partial charge >= 0.3 is 0 Å². The van der Waals surface area contributed by atoms with Crippen LogP contribution in [0.3, 0.4) is 0 Å². The number of nitrogens with zero attached hydrogens (tertiary/aromatic N) is 2. The number of carbonyl (C=O) groups excluding carboxylic acids is 1. The van der Waals surface area contributed by atoms with Crippen molar-refractivity contribution in [2.75, 3.05) is 0 Å². The Kier molecular flexibility index (Phi) is 6.32. The van der Waals surface area contributed by atoms with Gasteiger partial charge in [-0.05, 0) is 75.1 Å². The minimum atomic E-state index is 0.0600. The summed E-state index contributed by atoms with van der Waals surface area (Å²) in [6.45, 7) is 7.33. The highest BCUT2D eigenvalue weighted by atomic mass is 16.5. The maximum Gasteiger partial charge on any atom is 0.293 e. The monoisotopic (exact) mass is 421 g/mol. The van der Waals surface area contributed by atoms with Gasteiger partial charge < -0.3 is 19.3 Å². The molecule has 0 unspecified atom stereocenters. The number of aromatic nitrogens is 2. The average molecular weight is 421 g/mol. The summed E-state index contributed by atoms with van der Waals surface area (Å²) in [5.74, 6) is 1.87. The van der Waals surface area contributed by atoms with E-state index in [2.05, 4.69) is 27.6 Å². The predicted octanol–water partition coefficient (Wildman–Crippen LogP) is 4.29. The smallest absolute Gasteiger partial charge is 0.293 e. The van der Waals surface area contributed by atoms with Gasteiger partial charge in [-0.1, -0.05) is 17.3 Å². The summed E-state index contributed by atoms with van der Waals surface area (Å²) in [6, 6.07) is 14.3. The number of ether oxygens (including phenoxy) is 2. The second kappa shape index (κ2) is 9.31. The third kappa shape index (κ3) is 5.11. The van der Waals surface area contributed by atoms with Crippen molar-refractivity contribution in [3.05, 3.63) is 53.6 Å². The van der Waals surface area contributed by atoms with E-state index in [1.165, 1.54) is 5.56 Å². The summed E-state index contributed by atoms with van der Waals surface area (Å²) in [5.41, 5.74) is 4.06. The van der Waals surface area contributed by atoms with E-state index in [0.29, 0.717) is 24.2 Å². The average Bonchev–Trinajstić information content (AvgIpc) is 3.19. The largest absolute Gasteiger partial charge is 0.491 e. The lowest BCUT2D eigenvalue weighted by atomic mass is 9.89. The fourth-order valence-corrected chi connectivity index (χ4v) is 3.66. The Bertz CT molecular complexity index is 1020. The molecule has 1 heterocycles. The first kappa shape index (κ1) is 21.1. The minimum Gasteiger partial charge on any atom is -0.491 e. The van der Waals surface area contributed by atoms with Gasteiger partial charge in [0.05, 0.1) is 6.10 Å². The standard InChI is InChI=1S/C24H27N3O4/c1-15(2)30-20-7-5-18(6-8-20)23-26-24(31-27-23)22-9-4-17(10-16(22)3)13-25-19-11-21(12-19)29-14-28/h4-10,14-15,19,21,25H,11-13H2,1-3H3. The molecule has 0 spiro atoms. The van der Waals surface area contributed by atoms with E-state index in [0.717, 1.165) is 41.8 Å².